The van der Waals surface area contributed by atoms with Crippen molar-refractivity contribution in [2.75, 3.05) is 5.32 Å². The van der Waals surface area contributed by atoms with Gasteiger partial charge < -0.3 is 5.32 Å². The summed E-state index contributed by atoms with van der Waals surface area (Å²) in [4.78, 5) is 18.1. The number of carbonyl (C=O) groups is 1. The van der Waals surface area contributed by atoms with Crippen LogP contribution in [-0.2, 0) is 27.8 Å². The van der Waals surface area contributed by atoms with E-state index in [4.69, 9.17) is 0 Å². The second-order valence-corrected chi connectivity index (χ2v) is 10.9. The van der Waals surface area contributed by atoms with E-state index in [0.29, 0.717) is 17.6 Å². The van der Waals surface area contributed by atoms with E-state index >= 15 is 0 Å². The highest BCUT2D eigenvalue weighted by Crippen LogP contribution is 2.32. The van der Waals surface area contributed by atoms with Gasteiger partial charge in [-0.15, -0.1) is 11.3 Å². The van der Waals surface area contributed by atoms with Gasteiger partial charge in [0, 0.05) is 17.6 Å². The van der Waals surface area contributed by atoms with Gasteiger partial charge in [-0.3, -0.25) is 9.78 Å². The molecule has 0 fully saturated rings. The number of aryl methyl sites for hydroxylation is 1. The molecule has 6 nitrogen and oxygen atoms in total. The summed E-state index contributed by atoms with van der Waals surface area (Å²) < 4.78 is 28.4. The fourth-order valence-electron chi connectivity index (χ4n) is 4.06. The first-order chi connectivity index (χ1) is 15.4. The smallest absolute Gasteiger partial charge is 0.253 e. The van der Waals surface area contributed by atoms with Gasteiger partial charge in [-0.1, -0.05) is 48.5 Å². The molecule has 0 bridgehead atoms. The first-order valence-electron chi connectivity index (χ1n) is 10.2. The molecule has 0 radical (unpaired) electrons. The molecular weight excluding hydrogens is 442 g/mol. The largest absolute Gasteiger partial charge is 0.323 e. The minimum Gasteiger partial charge on any atom is -0.323 e. The molecule has 1 amide bonds. The van der Waals surface area contributed by atoms with Gasteiger partial charge in [0.25, 0.3) is 10.0 Å². The van der Waals surface area contributed by atoms with Crippen LogP contribution in [-0.4, -0.2) is 29.7 Å². The van der Waals surface area contributed by atoms with E-state index in [1.807, 2.05) is 55.5 Å². The maximum atomic E-state index is 13.5. The molecule has 4 aromatic rings. The van der Waals surface area contributed by atoms with Crippen LogP contribution in [0.3, 0.4) is 0 Å². The molecule has 3 heterocycles. The van der Waals surface area contributed by atoms with E-state index in [0.717, 1.165) is 33.5 Å². The van der Waals surface area contributed by atoms with Gasteiger partial charge in [0.1, 0.15) is 10.3 Å². The Bertz CT molecular complexity index is 1420. The molecule has 0 saturated carbocycles. The molecule has 1 aliphatic rings. The van der Waals surface area contributed by atoms with Crippen LogP contribution in [0.4, 0.5) is 5.69 Å². The number of amides is 1. The third-order valence-electron chi connectivity index (χ3n) is 5.68. The molecule has 2 aromatic heterocycles. The van der Waals surface area contributed by atoms with Gasteiger partial charge in [-0.2, -0.15) is 4.31 Å². The van der Waals surface area contributed by atoms with Gasteiger partial charge in [-0.05, 0) is 48.1 Å². The molecule has 1 atom stereocenters. The summed E-state index contributed by atoms with van der Waals surface area (Å²) in [5.74, 6) is -0.365. The van der Waals surface area contributed by atoms with Gasteiger partial charge in [0.2, 0.25) is 5.91 Å². The fraction of sp³-hybridized carbons (Fsp3) is 0.167. The van der Waals surface area contributed by atoms with Crippen LogP contribution in [0, 0.1) is 6.92 Å². The Morgan fingerprint density at radius 2 is 1.84 bits per heavy atom. The van der Waals surface area contributed by atoms with Crippen LogP contribution in [0.15, 0.2) is 76.3 Å². The minimum atomic E-state index is -3.82. The Kier molecular flexibility index (Phi) is 5.28. The summed E-state index contributed by atoms with van der Waals surface area (Å²) >= 11 is 1.15. The van der Waals surface area contributed by atoms with Crippen molar-refractivity contribution in [1.29, 1.82) is 0 Å². The molecular formula is C24H21N3O3S2. The number of para-hydroxylation sites is 1. The van der Waals surface area contributed by atoms with E-state index in [9.17, 15) is 13.2 Å². The predicted molar refractivity (Wildman–Crippen MR) is 126 cm³/mol. The Morgan fingerprint density at radius 3 is 2.62 bits per heavy atom. The lowest BCUT2D eigenvalue weighted by Crippen LogP contribution is -2.50. The number of pyridine rings is 1. The monoisotopic (exact) mass is 463 g/mol. The Morgan fingerprint density at radius 1 is 1.03 bits per heavy atom. The van der Waals surface area contributed by atoms with Crippen molar-refractivity contribution in [3.05, 3.63) is 88.9 Å². The van der Waals surface area contributed by atoms with E-state index < -0.39 is 16.1 Å². The highest BCUT2D eigenvalue weighted by Gasteiger charge is 2.40. The number of anilines is 1. The molecule has 0 aliphatic carbocycles. The summed E-state index contributed by atoms with van der Waals surface area (Å²) in [5, 5.41) is 5.59. The van der Waals surface area contributed by atoms with Gasteiger partial charge >= 0.3 is 0 Å². The highest BCUT2D eigenvalue weighted by molar-refractivity contribution is 7.91. The summed E-state index contributed by atoms with van der Waals surface area (Å²) in [6, 6.07) is 19.5. The van der Waals surface area contributed by atoms with Gasteiger partial charge in [0.15, 0.2) is 0 Å². The summed E-state index contributed by atoms with van der Waals surface area (Å²) in [5.41, 5.74) is 4.00. The van der Waals surface area contributed by atoms with E-state index in [-0.39, 0.29) is 16.7 Å². The zero-order chi connectivity index (χ0) is 22.3. The van der Waals surface area contributed by atoms with Crippen LogP contribution in [0.1, 0.15) is 16.8 Å². The molecule has 5 rings (SSSR count). The molecule has 0 unspecified atom stereocenters. The first kappa shape index (κ1) is 20.8. The molecule has 1 N–H and O–H groups in total. The zero-order valence-electron chi connectivity index (χ0n) is 17.4. The van der Waals surface area contributed by atoms with Gasteiger partial charge in [-0.25, -0.2) is 8.42 Å². The predicted octanol–water partition coefficient (Wildman–Crippen LogP) is 4.36. The van der Waals surface area contributed by atoms with E-state index in [1.54, 1.807) is 23.6 Å². The maximum absolute atomic E-state index is 13.5. The van der Waals surface area contributed by atoms with E-state index in [2.05, 4.69) is 10.3 Å². The van der Waals surface area contributed by atoms with Crippen LogP contribution in [0.25, 0.3) is 10.9 Å². The highest BCUT2D eigenvalue weighted by atomic mass is 32.2. The van der Waals surface area contributed by atoms with Crippen LogP contribution in [0.5, 0.6) is 0 Å². The Hall–Kier alpha value is -3.07. The standard InChI is InChI=1S/C24H21N3O3S2/c1-16-11-12-17-8-4-9-20(23(17)25-16)26-24(28)21-14-18-6-2-3-7-19(18)15-27(21)32(29,30)22-10-5-13-31-22/h2-13,21H,14-15H2,1H3,(H,26,28)/t21-/m0/s1. The number of thiophene rings is 1. The summed E-state index contributed by atoms with van der Waals surface area (Å²) in [6.07, 6.45) is 0.309. The summed E-state index contributed by atoms with van der Waals surface area (Å²) in [6.45, 7) is 2.05. The number of sulfonamides is 1. The molecule has 0 spiro atoms. The number of benzene rings is 2. The lowest BCUT2D eigenvalue weighted by atomic mass is 9.95. The number of aromatic nitrogens is 1. The average Bonchev–Trinajstić information content (AvgIpc) is 3.34. The van der Waals surface area contributed by atoms with Crippen molar-refractivity contribution in [2.24, 2.45) is 0 Å². The van der Waals surface area contributed by atoms with Crippen molar-refractivity contribution in [3.8, 4) is 0 Å². The quantitative estimate of drug-likeness (QED) is 0.488. The molecule has 1 aliphatic heterocycles. The van der Waals surface area contributed by atoms with E-state index in [1.165, 1.54) is 4.31 Å². The number of nitrogens with zero attached hydrogens (tertiary/aromatic N) is 2. The normalized spacial score (nSPS) is 16.6. The van der Waals surface area contributed by atoms with Crippen LogP contribution in [0.2, 0.25) is 0 Å². The minimum absolute atomic E-state index is 0.154. The van der Waals surface area contributed by atoms with Crippen molar-refractivity contribution >= 4 is 43.9 Å². The van der Waals surface area contributed by atoms with Crippen molar-refractivity contribution in [1.82, 2.24) is 9.29 Å². The van der Waals surface area contributed by atoms with Crippen molar-refractivity contribution in [3.63, 3.8) is 0 Å². The number of carbonyl (C=O) groups excluding carboxylic acids is 1. The second kappa shape index (κ2) is 8.12. The van der Waals surface area contributed by atoms with Crippen molar-refractivity contribution < 1.29 is 13.2 Å². The molecule has 32 heavy (non-hydrogen) atoms. The van der Waals surface area contributed by atoms with Gasteiger partial charge in [0.05, 0.1) is 11.2 Å². The Balaban J connectivity index is 1.54. The van der Waals surface area contributed by atoms with Crippen LogP contribution < -0.4 is 5.32 Å². The molecule has 8 heteroatoms. The third kappa shape index (κ3) is 3.70. The first-order valence-corrected chi connectivity index (χ1v) is 12.5. The maximum Gasteiger partial charge on any atom is 0.253 e. The summed E-state index contributed by atoms with van der Waals surface area (Å²) in [7, 11) is -3.82. The SMILES string of the molecule is Cc1ccc2cccc(NC(=O)[C@@H]3Cc4ccccc4CN3S(=O)(=O)c3cccs3)c2n1. The number of fused-ring (bicyclic) bond motifs is 2. The third-order valence-corrected chi connectivity index (χ3v) is 8.91. The number of hydrogen-bond donors (Lipinski definition) is 1. The lowest BCUT2D eigenvalue weighted by Gasteiger charge is -2.34. The average molecular weight is 464 g/mol. The van der Waals surface area contributed by atoms with Crippen molar-refractivity contribution in [2.45, 2.75) is 30.1 Å². The zero-order valence-corrected chi connectivity index (χ0v) is 19.0. The lowest BCUT2D eigenvalue weighted by molar-refractivity contribution is -0.120. The molecule has 162 valence electrons. The number of rotatable bonds is 4. The molecule has 2 aromatic carbocycles. The molecule has 0 saturated heterocycles. The fourth-order valence-corrected chi connectivity index (χ4v) is 6.75. The van der Waals surface area contributed by atoms with Crippen LogP contribution >= 0.6 is 11.3 Å². The topological polar surface area (TPSA) is 79.4 Å². The number of hydrogen-bond acceptors (Lipinski definition) is 5. The second-order valence-electron chi connectivity index (χ2n) is 7.79. The number of nitrogens with one attached hydrogen (secondary N) is 1. The Labute approximate surface area is 190 Å².